The molecule has 2 heterocycles. The molecule has 1 saturated heterocycles. The molecular formula is C13H17N3O2S. The van der Waals surface area contributed by atoms with Crippen molar-refractivity contribution in [2.24, 2.45) is 5.10 Å². The van der Waals surface area contributed by atoms with Crippen molar-refractivity contribution in [3.8, 4) is 0 Å². The molecule has 102 valence electrons. The van der Waals surface area contributed by atoms with Crippen molar-refractivity contribution in [1.82, 2.24) is 10.3 Å². The number of nitrogens with zero attached hydrogens (tertiary/aromatic N) is 2. The first-order valence-corrected chi connectivity index (χ1v) is 7.32. The van der Waals surface area contributed by atoms with Crippen molar-refractivity contribution in [2.45, 2.75) is 25.7 Å². The van der Waals surface area contributed by atoms with Gasteiger partial charge >= 0.3 is 0 Å². The van der Waals surface area contributed by atoms with E-state index in [1.54, 1.807) is 22.5 Å². The third kappa shape index (κ3) is 4.48. The molecule has 2 amide bonds. The minimum Gasteiger partial charge on any atom is -0.333 e. The van der Waals surface area contributed by atoms with Crippen LogP contribution < -0.4 is 5.43 Å². The van der Waals surface area contributed by atoms with E-state index in [0.29, 0.717) is 13.0 Å². The van der Waals surface area contributed by atoms with E-state index in [1.165, 1.54) is 0 Å². The van der Waals surface area contributed by atoms with Crippen LogP contribution in [0.3, 0.4) is 0 Å². The fraction of sp³-hybridized carbons (Fsp3) is 0.462. The quantitative estimate of drug-likeness (QED) is 0.672. The Labute approximate surface area is 116 Å². The smallest absolute Gasteiger partial charge is 0.259 e. The molecule has 0 radical (unpaired) electrons. The predicted octanol–water partition coefficient (Wildman–Crippen LogP) is 1.60. The van der Waals surface area contributed by atoms with Crippen molar-refractivity contribution in [3.05, 3.63) is 22.4 Å². The third-order valence-electron chi connectivity index (χ3n) is 2.95. The summed E-state index contributed by atoms with van der Waals surface area (Å²) in [5.74, 6) is -0.184. The first-order valence-electron chi connectivity index (χ1n) is 6.37. The van der Waals surface area contributed by atoms with Crippen LogP contribution >= 0.6 is 11.3 Å². The number of thiophene rings is 1. The Morgan fingerprint density at radius 3 is 3.16 bits per heavy atom. The number of likely N-dealkylation sites (tertiary alicyclic amines) is 1. The topological polar surface area (TPSA) is 61.8 Å². The fourth-order valence-corrected chi connectivity index (χ4v) is 2.55. The van der Waals surface area contributed by atoms with E-state index < -0.39 is 0 Å². The van der Waals surface area contributed by atoms with Crippen molar-refractivity contribution >= 4 is 29.4 Å². The van der Waals surface area contributed by atoms with Crippen LogP contribution in [0.4, 0.5) is 0 Å². The van der Waals surface area contributed by atoms with E-state index >= 15 is 0 Å². The van der Waals surface area contributed by atoms with Crippen LogP contribution in [0.25, 0.3) is 0 Å². The number of hydrogen-bond acceptors (Lipinski definition) is 4. The summed E-state index contributed by atoms with van der Waals surface area (Å²) < 4.78 is 0. The van der Waals surface area contributed by atoms with Crippen LogP contribution in [0.2, 0.25) is 0 Å². The lowest BCUT2D eigenvalue weighted by Gasteiger charge is -2.18. The van der Waals surface area contributed by atoms with E-state index in [2.05, 4.69) is 10.5 Å². The standard InChI is InChI=1S/C13H17N3O2S/c17-12(15-14-8-11-5-7-19-10-11)9-16-6-3-1-2-4-13(16)18/h5,7-8,10H,1-4,6,9H2,(H,15,17)/b14-8-. The summed E-state index contributed by atoms with van der Waals surface area (Å²) in [4.78, 5) is 25.0. The maximum absolute atomic E-state index is 11.7. The van der Waals surface area contributed by atoms with Crippen LogP contribution in [-0.4, -0.2) is 36.0 Å². The molecule has 0 spiro atoms. The number of hydrazone groups is 1. The molecule has 6 heteroatoms. The van der Waals surface area contributed by atoms with Crippen molar-refractivity contribution < 1.29 is 9.59 Å². The molecule has 1 aromatic rings. The molecule has 19 heavy (non-hydrogen) atoms. The molecule has 5 nitrogen and oxygen atoms in total. The molecular weight excluding hydrogens is 262 g/mol. The Morgan fingerprint density at radius 1 is 1.47 bits per heavy atom. The van der Waals surface area contributed by atoms with E-state index in [9.17, 15) is 9.59 Å². The molecule has 1 aliphatic heterocycles. The van der Waals surface area contributed by atoms with E-state index in [1.807, 2.05) is 16.8 Å². The van der Waals surface area contributed by atoms with Gasteiger partial charge in [-0.15, -0.1) is 0 Å². The fourth-order valence-electron chi connectivity index (χ4n) is 1.94. The van der Waals surface area contributed by atoms with Crippen molar-refractivity contribution in [2.75, 3.05) is 13.1 Å². The Morgan fingerprint density at radius 2 is 2.37 bits per heavy atom. The van der Waals surface area contributed by atoms with Gasteiger partial charge in [0.1, 0.15) is 6.54 Å². The maximum atomic E-state index is 11.7. The van der Waals surface area contributed by atoms with Gasteiger partial charge in [0.05, 0.1) is 6.21 Å². The van der Waals surface area contributed by atoms with Crippen LogP contribution in [0, 0.1) is 0 Å². The van der Waals surface area contributed by atoms with Gasteiger partial charge in [-0.2, -0.15) is 16.4 Å². The maximum Gasteiger partial charge on any atom is 0.259 e. The monoisotopic (exact) mass is 279 g/mol. The van der Waals surface area contributed by atoms with Crippen LogP contribution in [0.15, 0.2) is 21.9 Å². The second kappa shape index (κ2) is 7.04. The lowest BCUT2D eigenvalue weighted by Crippen LogP contribution is -2.39. The van der Waals surface area contributed by atoms with Gasteiger partial charge in [-0.05, 0) is 29.7 Å². The molecule has 0 atom stereocenters. The number of carbonyl (C=O) groups is 2. The van der Waals surface area contributed by atoms with Crippen LogP contribution in [0.5, 0.6) is 0 Å². The first-order chi connectivity index (χ1) is 9.25. The molecule has 1 aliphatic rings. The molecule has 0 unspecified atom stereocenters. The van der Waals surface area contributed by atoms with Gasteiger partial charge < -0.3 is 4.90 Å². The van der Waals surface area contributed by atoms with E-state index in [4.69, 9.17) is 0 Å². The Balaban J connectivity index is 1.78. The number of rotatable bonds is 4. The summed E-state index contributed by atoms with van der Waals surface area (Å²) in [5, 5.41) is 7.75. The number of nitrogens with one attached hydrogen (secondary N) is 1. The van der Waals surface area contributed by atoms with Gasteiger partial charge in [0, 0.05) is 18.5 Å². The first kappa shape index (κ1) is 13.7. The lowest BCUT2D eigenvalue weighted by molar-refractivity contribution is -0.135. The van der Waals surface area contributed by atoms with Crippen molar-refractivity contribution in [3.63, 3.8) is 0 Å². The van der Waals surface area contributed by atoms with Crippen molar-refractivity contribution in [1.29, 1.82) is 0 Å². The average molecular weight is 279 g/mol. The molecule has 0 bridgehead atoms. The van der Waals surface area contributed by atoms with Crippen LogP contribution in [-0.2, 0) is 9.59 Å². The third-order valence-corrected chi connectivity index (χ3v) is 3.65. The number of hydrogen-bond donors (Lipinski definition) is 1. The summed E-state index contributed by atoms with van der Waals surface area (Å²) >= 11 is 1.57. The summed E-state index contributed by atoms with van der Waals surface area (Å²) in [7, 11) is 0. The Kier molecular flexibility index (Phi) is 5.09. The summed E-state index contributed by atoms with van der Waals surface area (Å²) in [6.45, 7) is 0.764. The second-order valence-electron chi connectivity index (χ2n) is 4.48. The zero-order valence-electron chi connectivity index (χ0n) is 10.7. The van der Waals surface area contributed by atoms with Gasteiger partial charge in [-0.25, -0.2) is 5.43 Å². The zero-order valence-corrected chi connectivity index (χ0v) is 11.5. The van der Waals surface area contributed by atoms with Gasteiger partial charge in [-0.3, -0.25) is 9.59 Å². The highest BCUT2D eigenvalue weighted by Gasteiger charge is 2.18. The van der Waals surface area contributed by atoms with Gasteiger partial charge in [-0.1, -0.05) is 6.42 Å². The highest BCUT2D eigenvalue weighted by molar-refractivity contribution is 7.08. The summed E-state index contributed by atoms with van der Waals surface area (Å²) in [6.07, 6.45) is 5.09. The molecule has 0 aliphatic carbocycles. The second-order valence-corrected chi connectivity index (χ2v) is 5.26. The molecule has 0 saturated carbocycles. The van der Waals surface area contributed by atoms with Crippen LogP contribution in [0.1, 0.15) is 31.2 Å². The van der Waals surface area contributed by atoms with Gasteiger partial charge in [0.2, 0.25) is 5.91 Å². The van der Waals surface area contributed by atoms with Gasteiger partial charge in [0.25, 0.3) is 5.91 Å². The number of amides is 2. The average Bonchev–Trinajstić information content (AvgIpc) is 2.82. The predicted molar refractivity (Wildman–Crippen MR) is 75.1 cm³/mol. The number of carbonyl (C=O) groups excluding carboxylic acids is 2. The van der Waals surface area contributed by atoms with E-state index in [0.717, 1.165) is 24.8 Å². The van der Waals surface area contributed by atoms with Gasteiger partial charge in [0.15, 0.2) is 0 Å². The lowest BCUT2D eigenvalue weighted by atomic mass is 10.2. The van der Waals surface area contributed by atoms with E-state index in [-0.39, 0.29) is 18.4 Å². The minimum absolute atomic E-state index is 0.0643. The summed E-state index contributed by atoms with van der Waals surface area (Å²) in [6, 6.07) is 1.92. The zero-order chi connectivity index (χ0) is 13.5. The molecule has 0 aromatic carbocycles. The molecule has 2 rings (SSSR count). The largest absolute Gasteiger partial charge is 0.333 e. The Bertz CT molecular complexity index is 456. The molecule has 1 N–H and O–H groups in total. The Hall–Kier alpha value is -1.69. The summed E-state index contributed by atoms with van der Waals surface area (Å²) in [5.41, 5.74) is 3.41. The highest BCUT2D eigenvalue weighted by Crippen LogP contribution is 2.10. The normalized spacial score (nSPS) is 16.6. The SMILES string of the molecule is O=C(CN1CCCCCC1=O)N/N=C\c1ccsc1. The molecule has 1 aromatic heterocycles. The highest BCUT2D eigenvalue weighted by atomic mass is 32.1. The minimum atomic E-state index is -0.248. The molecule has 1 fully saturated rings.